The van der Waals surface area contributed by atoms with Crippen LogP contribution < -0.4 is 5.32 Å². The van der Waals surface area contributed by atoms with E-state index in [1.165, 1.54) is 0 Å². The number of rotatable bonds is 0. The van der Waals surface area contributed by atoms with Crippen LogP contribution in [0, 0.1) is 11.3 Å². The summed E-state index contributed by atoms with van der Waals surface area (Å²) in [6.45, 7) is 7.31. The van der Waals surface area contributed by atoms with E-state index < -0.39 is 0 Å². The topological polar surface area (TPSA) is 38.3 Å². The molecule has 2 saturated heterocycles. The summed E-state index contributed by atoms with van der Waals surface area (Å²) in [5, 5.41) is 3.36. The van der Waals surface area contributed by atoms with Crippen molar-refractivity contribution in [2.75, 3.05) is 6.54 Å². The maximum absolute atomic E-state index is 11.5. The van der Waals surface area contributed by atoms with E-state index in [0.29, 0.717) is 0 Å². The molecule has 3 unspecified atom stereocenters. The van der Waals surface area contributed by atoms with Gasteiger partial charge in [0.2, 0.25) is 0 Å². The number of nitrogens with one attached hydrogen (secondary N) is 1. The van der Waals surface area contributed by atoms with Gasteiger partial charge in [-0.3, -0.25) is 4.79 Å². The average Bonchev–Trinajstić information content (AvgIpc) is 2.51. The number of hydrogen-bond acceptors (Lipinski definition) is 3. The smallest absolute Gasteiger partial charge is 0.311 e. The molecule has 0 radical (unpaired) electrons. The lowest BCUT2D eigenvalue weighted by Gasteiger charge is -2.29. The molecule has 1 N–H and O–H groups in total. The van der Waals surface area contributed by atoms with Crippen LogP contribution in [0.4, 0.5) is 0 Å². The molecule has 3 heteroatoms. The molecule has 0 bridgehead atoms. The molecule has 2 aliphatic rings. The zero-order chi connectivity index (χ0) is 9.64. The van der Waals surface area contributed by atoms with Gasteiger partial charge in [-0.25, -0.2) is 0 Å². The molecule has 0 saturated carbocycles. The Labute approximate surface area is 78.8 Å². The molecule has 2 heterocycles. The van der Waals surface area contributed by atoms with Crippen LogP contribution in [0.25, 0.3) is 0 Å². The number of carbonyl (C=O) groups excluding carboxylic acids is 1. The van der Waals surface area contributed by atoms with E-state index in [0.717, 1.165) is 13.0 Å². The minimum Gasteiger partial charge on any atom is -0.460 e. The highest BCUT2D eigenvalue weighted by Gasteiger charge is 2.51. The quantitative estimate of drug-likeness (QED) is 0.568. The summed E-state index contributed by atoms with van der Waals surface area (Å²) in [4.78, 5) is 11.5. The molecular formula is C10H17NO2. The third-order valence-electron chi connectivity index (χ3n) is 2.99. The van der Waals surface area contributed by atoms with Crippen LogP contribution in [0.5, 0.6) is 0 Å². The average molecular weight is 183 g/mol. The fourth-order valence-electron chi connectivity index (χ4n) is 2.31. The van der Waals surface area contributed by atoms with Crippen molar-refractivity contribution >= 4 is 5.97 Å². The standard InChI is InChI=1S/C10H17NO2/c1-10(2,3)8-7-6(4-5-11-7)9(12)13-8/h6-8,11H,4-5H2,1-3H3. The molecule has 2 fully saturated rings. The molecule has 3 atom stereocenters. The number of cyclic esters (lactones) is 1. The summed E-state index contributed by atoms with van der Waals surface area (Å²) < 4.78 is 5.39. The van der Waals surface area contributed by atoms with Gasteiger partial charge < -0.3 is 10.1 Å². The Balaban J connectivity index is 2.20. The van der Waals surface area contributed by atoms with Gasteiger partial charge >= 0.3 is 5.97 Å². The first-order valence-corrected chi connectivity index (χ1v) is 4.94. The SMILES string of the molecule is CC(C)(C)C1OC(=O)C2CCNC21. The van der Waals surface area contributed by atoms with Crippen LogP contribution in [0.15, 0.2) is 0 Å². The predicted molar refractivity (Wildman–Crippen MR) is 49.2 cm³/mol. The molecule has 2 rings (SSSR count). The second-order valence-electron chi connectivity index (χ2n) is 5.10. The van der Waals surface area contributed by atoms with E-state index in [1.54, 1.807) is 0 Å². The van der Waals surface area contributed by atoms with Crippen molar-refractivity contribution in [3.8, 4) is 0 Å². The Morgan fingerprint density at radius 1 is 1.46 bits per heavy atom. The van der Waals surface area contributed by atoms with E-state index >= 15 is 0 Å². The van der Waals surface area contributed by atoms with Gasteiger partial charge in [0.05, 0.1) is 12.0 Å². The van der Waals surface area contributed by atoms with Gasteiger partial charge in [0.1, 0.15) is 6.10 Å². The van der Waals surface area contributed by atoms with Crippen molar-refractivity contribution in [2.45, 2.75) is 39.3 Å². The lowest BCUT2D eigenvalue weighted by molar-refractivity contribution is -0.148. The Morgan fingerprint density at radius 2 is 2.15 bits per heavy atom. The van der Waals surface area contributed by atoms with E-state index in [4.69, 9.17) is 4.74 Å². The second-order valence-corrected chi connectivity index (χ2v) is 5.10. The van der Waals surface area contributed by atoms with Gasteiger partial charge in [-0.05, 0) is 13.0 Å². The Hall–Kier alpha value is -0.570. The molecule has 74 valence electrons. The molecular weight excluding hydrogens is 166 g/mol. The molecule has 3 nitrogen and oxygen atoms in total. The monoisotopic (exact) mass is 183 g/mol. The molecule has 0 aromatic rings. The molecule has 0 aromatic carbocycles. The molecule has 0 spiro atoms. The largest absolute Gasteiger partial charge is 0.460 e. The van der Waals surface area contributed by atoms with Crippen molar-refractivity contribution in [1.82, 2.24) is 5.32 Å². The summed E-state index contributed by atoms with van der Waals surface area (Å²) >= 11 is 0. The molecule has 0 aliphatic carbocycles. The van der Waals surface area contributed by atoms with Crippen LogP contribution in [-0.2, 0) is 9.53 Å². The Kier molecular flexibility index (Phi) is 1.88. The Morgan fingerprint density at radius 3 is 2.77 bits per heavy atom. The van der Waals surface area contributed by atoms with E-state index in [1.807, 2.05) is 0 Å². The van der Waals surface area contributed by atoms with Gasteiger partial charge in [0.15, 0.2) is 0 Å². The molecule has 0 amide bonds. The van der Waals surface area contributed by atoms with Gasteiger partial charge in [-0.2, -0.15) is 0 Å². The number of hydrogen-bond donors (Lipinski definition) is 1. The van der Waals surface area contributed by atoms with Crippen molar-refractivity contribution in [2.24, 2.45) is 11.3 Å². The van der Waals surface area contributed by atoms with Crippen LogP contribution in [0.2, 0.25) is 0 Å². The third-order valence-corrected chi connectivity index (χ3v) is 2.99. The lowest BCUT2D eigenvalue weighted by atomic mass is 9.83. The van der Waals surface area contributed by atoms with Gasteiger partial charge in [-0.15, -0.1) is 0 Å². The predicted octanol–water partition coefficient (Wildman–Crippen LogP) is 0.936. The summed E-state index contributed by atoms with van der Waals surface area (Å²) in [6.07, 6.45) is 0.989. The summed E-state index contributed by atoms with van der Waals surface area (Å²) in [6, 6.07) is 0.257. The maximum atomic E-state index is 11.5. The molecule has 0 aromatic heterocycles. The van der Waals surface area contributed by atoms with Crippen molar-refractivity contribution in [3.63, 3.8) is 0 Å². The van der Waals surface area contributed by atoms with Crippen molar-refractivity contribution in [1.29, 1.82) is 0 Å². The fourth-order valence-corrected chi connectivity index (χ4v) is 2.31. The fraction of sp³-hybridized carbons (Fsp3) is 0.900. The van der Waals surface area contributed by atoms with E-state index in [-0.39, 0.29) is 29.4 Å². The number of carbonyl (C=O) groups is 1. The van der Waals surface area contributed by atoms with Crippen molar-refractivity contribution in [3.05, 3.63) is 0 Å². The first-order chi connectivity index (χ1) is 6.00. The molecule has 2 aliphatic heterocycles. The summed E-state index contributed by atoms with van der Waals surface area (Å²) in [5.74, 6) is 0.110. The molecule has 13 heavy (non-hydrogen) atoms. The summed E-state index contributed by atoms with van der Waals surface area (Å²) in [7, 11) is 0. The number of fused-ring (bicyclic) bond motifs is 1. The van der Waals surface area contributed by atoms with Crippen LogP contribution in [0.3, 0.4) is 0 Å². The van der Waals surface area contributed by atoms with Gasteiger partial charge in [-0.1, -0.05) is 20.8 Å². The lowest BCUT2D eigenvalue weighted by Crippen LogP contribution is -2.42. The maximum Gasteiger partial charge on any atom is 0.311 e. The number of esters is 1. The van der Waals surface area contributed by atoms with E-state index in [2.05, 4.69) is 26.1 Å². The zero-order valence-corrected chi connectivity index (χ0v) is 8.46. The van der Waals surface area contributed by atoms with E-state index in [9.17, 15) is 4.79 Å². The van der Waals surface area contributed by atoms with Crippen molar-refractivity contribution < 1.29 is 9.53 Å². The second kappa shape index (κ2) is 2.71. The third kappa shape index (κ3) is 1.35. The Bertz CT molecular complexity index is 232. The van der Waals surface area contributed by atoms with Gasteiger partial charge in [0, 0.05) is 5.41 Å². The zero-order valence-electron chi connectivity index (χ0n) is 8.46. The minimum atomic E-state index is -0.00470. The van der Waals surface area contributed by atoms with Crippen LogP contribution in [0.1, 0.15) is 27.2 Å². The highest BCUT2D eigenvalue weighted by atomic mass is 16.6. The van der Waals surface area contributed by atoms with Gasteiger partial charge in [0.25, 0.3) is 0 Å². The first kappa shape index (κ1) is 9.00. The first-order valence-electron chi connectivity index (χ1n) is 4.94. The highest BCUT2D eigenvalue weighted by Crippen LogP contribution is 2.37. The van der Waals surface area contributed by atoms with Crippen LogP contribution in [-0.4, -0.2) is 24.7 Å². The number of ether oxygens (including phenoxy) is 1. The van der Waals surface area contributed by atoms with Crippen LogP contribution >= 0.6 is 0 Å². The normalized spacial score (nSPS) is 39.0. The minimum absolute atomic E-state index is 0.00470. The summed E-state index contributed by atoms with van der Waals surface area (Å²) in [5.41, 5.74) is 0.0480. The highest BCUT2D eigenvalue weighted by molar-refractivity contribution is 5.76.